The van der Waals surface area contributed by atoms with E-state index in [1.807, 2.05) is 11.8 Å². The van der Waals surface area contributed by atoms with Crippen LogP contribution in [0.25, 0.3) is 49.2 Å². The van der Waals surface area contributed by atoms with Gasteiger partial charge < -0.3 is 0 Å². The van der Waals surface area contributed by atoms with Crippen LogP contribution in [0.4, 0.5) is 0 Å². The van der Waals surface area contributed by atoms with Crippen LogP contribution in [0.5, 0.6) is 0 Å². The predicted octanol–water partition coefficient (Wildman–Crippen LogP) is 7.42. The van der Waals surface area contributed by atoms with Crippen molar-refractivity contribution >= 4 is 60.9 Å². The van der Waals surface area contributed by atoms with Crippen LogP contribution in [0.15, 0.2) is 83.8 Å². The molecule has 1 heteroatoms. The standard InChI is InChI=1S/C25H16S/c1-2-6-21-16(4-1)7-8-17-9-10-18-11-12-19-13-14-20-5-3-15-26-25(20)24(19)23(18)22(17)21/h1-14H,15H2. The molecule has 0 amide bonds. The number of hydrogen-bond acceptors (Lipinski definition) is 1. The molecule has 6 rings (SSSR count). The van der Waals surface area contributed by atoms with Gasteiger partial charge in [0.05, 0.1) is 0 Å². The molecule has 0 radical (unpaired) electrons. The van der Waals surface area contributed by atoms with Crippen LogP contribution in [0.1, 0.15) is 5.56 Å². The fourth-order valence-corrected chi connectivity index (χ4v) is 5.33. The van der Waals surface area contributed by atoms with E-state index >= 15 is 0 Å². The molecule has 1 heterocycles. The lowest BCUT2D eigenvalue weighted by Gasteiger charge is -2.17. The van der Waals surface area contributed by atoms with Crippen molar-refractivity contribution < 1.29 is 0 Å². The van der Waals surface area contributed by atoms with E-state index in [-0.39, 0.29) is 0 Å². The summed E-state index contributed by atoms with van der Waals surface area (Å²) in [5, 5.41) is 10.8. The van der Waals surface area contributed by atoms with Crippen molar-refractivity contribution in [3.63, 3.8) is 0 Å². The Hall–Kier alpha value is -2.77. The Bertz CT molecular complexity index is 1370. The lowest BCUT2D eigenvalue weighted by molar-refractivity contribution is 1.48. The van der Waals surface area contributed by atoms with Crippen molar-refractivity contribution in [2.75, 3.05) is 5.75 Å². The minimum atomic E-state index is 1.05. The maximum atomic E-state index is 2.27. The normalized spacial score (nSPS) is 13.7. The monoisotopic (exact) mass is 348 g/mol. The largest absolute Gasteiger partial charge is 0.121 e. The third-order valence-electron chi connectivity index (χ3n) is 5.48. The molecule has 0 fully saturated rings. The minimum Gasteiger partial charge on any atom is -0.121 e. The van der Waals surface area contributed by atoms with E-state index in [9.17, 15) is 0 Å². The van der Waals surface area contributed by atoms with Crippen molar-refractivity contribution in [2.24, 2.45) is 0 Å². The van der Waals surface area contributed by atoms with E-state index < -0.39 is 0 Å². The van der Waals surface area contributed by atoms with E-state index in [0.717, 1.165) is 5.75 Å². The summed E-state index contributed by atoms with van der Waals surface area (Å²) in [6.45, 7) is 0. The molecule has 0 N–H and O–H groups in total. The van der Waals surface area contributed by atoms with Crippen LogP contribution >= 0.6 is 11.8 Å². The van der Waals surface area contributed by atoms with Crippen LogP contribution in [-0.2, 0) is 0 Å². The molecule has 1 aliphatic rings. The Morgan fingerprint density at radius 2 is 1.23 bits per heavy atom. The second kappa shape index (κ2) is 5.36. The third kappa shape index (κ3) is 1.92. The van der Waals surface area contributed by atoms with Crippen LogP contribution in [0.3, 0.4) is 0 Å². The van der Waals surface area contributed by atoms with Crippen LogP contribution in [-0.4, -0.2) is 5.75 Å². The molecule has 0 nitrogen and oxygen atoms in total. The van der Waals surface area contributed by atoms with Crippen molar-refractivity contribution in [1.82, 2.24) is 0 Å². The summed E-state index contributed by atoms with van der Waals surface area (Å²) in [6.07, 6.45) is 4.53. The first kappa shape index (κ1) is 14.4. The summed E-state index contributed by atoms with van der Waals surface area (Å²) >= 11 is 1.96. The van der Waals surface area contributed by atoms with Crippen molar-refractivity contribution in [3.8, 4) is 0 Å². The second-order valence-electron chi connectivity index (χ2n) is 6.91. The molecule has 0 unspecified atom stereocenters. The maximum absolute atomic E-state index is 2.27. The van der Waals surface area contributed by atoms with Gasteiger partial charge in [0.15, 0.2) is 0 Å². The fraction of sp³-hybridized carbons (Fsp3) is 0.0400. The van der Waals surface area contributed by atoms with Gasteiger partial charge in [-0.1, -0.05) is 84.9 Å². The van der Waals surface area contributed by atoms with E-state index in [1.165, 1.54) is 53.5 Å². The number of benzene rings is 5. The quantitative estimate of drug-likeness (QED) is 0.262. The van der Waals surface area contributed by atoms with Crippen LogP contribution < -0.4 is 0 Å². The molecule has 122 valence electrons. The summed E-state index contributed by atoms with van der Waals surface area (Å²) in [5.41, 5.74) is 1.35. The minimum absolute atomic E-state index is 1.05. The Balaban J connectivity index is 1.97. The molecule has 0 saturated carbocycles. The van der Waals surface area contributed by atoms with Gasteiger partial charge in [-0.2, -0.15) is 0 Å². The Labute approximate surface area is 156 Å². The Kier molecular flexibility index (Phi) is 2.97. The number of rotatable bonds is 0. The van der Waals surface area contributed by atoms with Gasteiger partial charge in [0.25, 0.3) is 0 Å². The summed E-state index contributed by atoms with van der Waals surface area (Å²) in [6, 6.07) is 26.9. The van der Waals surface area contributed by atoms with Crippen LogP contribution in [0, 0.1) is 0 Å². The zero-order valence-electron chi connectivity index (χ0n) is 14.2. The zero-order valence-corrected chi connectivity index (χ0v) is 15.0. The van der Waals surface area contributed by atoms with Gasteiger partial charge in [-0.15, -0.1) is 11.8 Å². The molecule has 1 aliphatic heterocycles. The van der Waals surface area contributed by atoms with Crippen LogP contribution in [0.2, 0.25) is 0 Å². The highest BCUT2D eigenvalue weighted by molar-refractivity contribution is 7.99. The summed E-state index contributed by atoms with van der Waals surface area (Å²) in [7, 11) is 0. The summed E-state index contributed by atoms with van der Waals surface area (Å²) in [5.74, 6) is 1.05. The molecular formula is C25H16S. The molecule has 0 spiro atoms. The van der Waals surface area contributed by atoms with Crippen molar-refractivity contribution in [2.45, 2.75) is 4.90 Å². The van der Waals surface area contributed by atoms with E-state index in [2.05, 4.69) is 84.9 Å². The van der Waals surface area contributed by atoms with E-state index in [4.69, 9.17) is 0 Å². The zero-order chi connectivity index (χ0) is 17.1. The Morgan fingerprint density at radius 3 is 2.08 bits per heavy atom. The molecule has 0 aliphatic carbocycles. The van der Waals surface area contributed by atoms with Crippen molar-refractivity contribution in [3.05, 3.63) is 84.4 Å². The van der Waals surface area contributed by atoms with Gasteiger partial charge in [-0.3, -0.25) is 0 Å². The molecular weight excluding hydrogens is 332 g/mol. The maximum Gasteiger partial charge on any atom is 0.0232 e. The average Bonchev–Trinajstić information content (AvgIpc) is 2.72. The van der Waals surface area contributed by atoms with Gasteiger partial charge in [-0.05, 0) is 43.3 Å². The predicted molar refractivity (Wildman–Crippen MR) is 116 cm³/mol. The first-order valence-corrected chi connectivity index (χ1v) is 9.98. The lowest BCUT2D eigenvalue weighted by atomic mass is 9.92. The lowest BCUT2D eigenvalue weighted by Crippen LogP contribution is -1.91. The molecule has 0 atom stereocenters. The molecule has 0 aromatic heterocycles. The first-order chi connectivity index (χ1) is 12.9. The summed E-state index contributed by atoms with van der Waals surface area (Å²) in [4.78, 5) is 1.43. The molecule has 5 aromatic rings. The topological polar surface area (TPSA) is 0 Å². The van der Waals surface area contributed by atoms with Crippen molar-refractivity contribution in [1.29, 1.82) is 0 Å². The van der Waals surface area contributed by atoms with Gasteiger partial charge in [0.2, 0.25) is 0 Å². The number of fused-ring (bicyclic) bond motifs is 9. The highest BCUT2D eigenvalue weighted by Gasteiger charge is 2.15. The number of thioether (sulfide) groups is 1. The van der Waals surface area contributed by atoms with Gasteiger partial charge >= 0.3 is 0 Å². The smallest absolute Gasteiger partial charge is 0.0232 e. The second-order valence-corrected chi connectivity index (χ2v) is 7.94. The van der Waals surface area contributed by atoms with Gasteiger partial charge in [-0.25, -0.2) is 0 Å². The SMILES string of the molecule is C1=Cc2ccc3ccc4ccc5ccc6ccccc6c5c4c3c2SC1. The molecule has 0 saturated heterocycles. The van der Waals surface area contributed by atoms with E-state index in [0.29, 0.717) is 0 Å². The highest BCUT2D eigenvalue weighted by atomic mass is 32.2. The first-order valence-electron chi connectivity index (χ1n) is 8.99. The van der Waals surface area contributed by atoms with Gasteiger partial charge in [0, 0.05) is 16.0 Å². The fourth-order valence-electron chi connectivity index (χ4n) is 4.31. The van der Waals surface area contributed by atoms with Gasteiger partial charge in [0.1, 0.15) is 0 Å². The van der Waals surface area contributed by atoms with E-state index in [1.54, 1.807) is 0 Å². The summed E-state index contributed by atoms with van der Waals surface area (Å²) < 4.78 is 0. The Morgan fingerprint density at radius 1 is 0.577 bits per heavy atom. The highest BCUT2D eigenvalue weighted by Crippen LogP contribution is 2.42. The average molecular weight is 348 g/mol. The third-order valence-corrected chi connectivity index (χ3v) is 6.56. The number of hydrogen-bond donors (Lipinski definition) is 0. The molecule has 0 bridgehead atoms. The molecule has 26 heavy (non-hydrogen) atoms. The molecule has 5 aromatic carbocycles.